The number of methoxy groups -OCH3 is 1. The summed E-state index contributed by atoms with van der Waals surface area (Å²) in [5, 5.41) is 0. The SMILES string of the molecule is CCCCOc1nc(N)c2[nH]cc(Cc3ccc(CN4CC(OC)C4)cc3)c2n1. The topological polar surface area (TPSA) is 89.3 Å². The number of nitrogens with zero attached hydrogens (tertiary/aromatic N) is 3. The summed E-state index contributed by atoms with van der Waals surface area (Å²) in [7, 11) is 1.78. The minimum absolute atomic E-state index is 0.351. The number of aromatic amines is 1. The van der Waals surface area contributed by atoms with Crippen molar-refractivity contribution in [2.75, 3.05) is 32.5 Å². The summed E-state index contributed by atoms with van der Waals surface area (Å²) in [6, 6.07) is 9.12. The number of nitrogen functional groups attached to an aromatic ring is 1. The lowest BCUT2D eigenvalue weighted by molar-refractivity contribution is -0.0333. The van der Waals surface area contributed by atoms with Crippen molar-refractivity contribution in [3.63, 3.8) is 0 Å². The van der Waals surface area contributed by atoms with Crippen molar-refractivity contribution in [3.8, 4) is 6.01 Å². The molecule has 0 amide bonds. The van der Waals surface area contributed by atoms with Crippen LogP contribution in [0.3, 0.4) is 0 Å². The highest BCUT2D eigenvalue weighted by molar-refractivity contribution is 5.87. The molecule has 3 aromatic rings. The molecule has 7 heteroatoms. The quantitative estimate of drug-likeness (QED) is 0.541. The molecule has 3 heterocycles. The smallest absolute Gasteiger partial charge is 0.319 e. The highest BCUT2D eigenvalue weighted by Crippen LogP contribution is 2.25. The predicted octanol–water partition coefficient (Wildman–Crippen LogP) is 3.14. The van der Waals surface area contributed by atoms with Gasteiger partial charge in [0.15, 0.2) is 5.82 Å². The number of benzene rings is 1. The Kier molecular flexibility index (Phi) is 5.97. The van der Waals surface area contributed by atoms with Crippen LogP contribution in [0.15, 0.2) is 30.5 Å². The van der Waals surface area contributed by atoms with Crippen molar-refractivity contribution in [2.45, 2.75) is 38.8 Å². The molecule has 1 fully saturated rings. The number of hydrogen-bond donors (Lipinski definition) is 2. The third-order valence-electron chi connectivity index (χ3n) is 5.42. The highest BCUT2D eigenvalue weighted by Gasteiger charge is 2.25. The minimum atomic E-state index is 0.351. The van der Waals surface area contributed by atoms with Crippen molar-refractivity contribution in [2.24, 2.45) is 0 Å². The fourth-order valence-corrected chi connectivity index (χ4v) is 3.61. The summed E-state index contributed by atoms with van der Waals surface area (Å²) in [4.78, 5) is 14.4. The molecule has 7 nitrogen and oxygen atoms in total. The standard InChI is InChI=1S/C22H29N5O2/c1-3-4-9-29-22-25-19-17(11-24-20(19)21(23)26-22)10-15-5-7-16(8-6-15)12-27-13-18(14-27)28-2/h5-8,11,18,24H,3-4,9-10,12-14H2,1-2H3,(H2,23,25,26). The molecule has 29 heavy (non-hydrogen) atoms. The van der Waals surface area contributed by atoms with Crippen LogP contribution in [0.2, 0.25) is 0 Å². The van der Waals surface area contributed by atoms with Gasteiger partial charge in [0.2, 0.25) is 0 Å². The molecule has 154 valence electrons. The van der Waals surface area contributed by atoms with Crippen LogP contribution >= 0.6 is 0 Å². The number of nitrogens with one attached hydrogen (secondary N) is 1. The average molecular weight is 396 g/mol. The van der Waals surface area contributed by atoms with Gasteiger partial charge in [0.05, 0.1) is 12.7 Å². The molecular weight excluding hydrogens is 366 g/mol. The lowest BCUT2D eigenvalue weighted by Crippen LogP contribution is -2.50. The zero-order chi connectivity index (χ0) is 20.2. The first-order chi connectivity index (χ1) is 14.2. The molecular formula is C22H29N5O2. The molecule has 4 rings (SSSR count). The van der Waals surface area contributed by atoms with Gasteiger partial charge in [-0.05, 0) is 17.5 Å². The van der Waals surface area contributed by atoms with Crippen LogP contribution in [0.25, 0.3) is 11.0 Å². The lowest BCUT2D eigenvalue weighted by Gasteiger charge is -2.38. The number of rotatable bonds is 9. The number of ether oxygens (including phenoxy) is 2. The van der Waals surface area contributed by atoms with E-state index in [4.69, 9.17) is 15.2 Å². The summed E-state index contributed by atoms with van der Waals surface area (Å²) >= 11 is 0. The Morgan fingerprint density at radius 1 is 1.17 bits per heavy atom. The van der Waals surface area contributed by atoms with Gasteiger partial charge in [0, 0.05) is 44.9 Å². The molecule has 1 aliphatic heterocycles. The minimum Gasteiger partial charge on any atom is -0.463 e. The average Bonchev–Trinajstić information content (AvgIpc) is 3.09. The van der Waals surface area contributed by atoms with Gasteiger partial charge in [-0.15, -0.1) is 0 Å². The Hall–Kier alpha value is -2.64. The first-order valence-corrected chi connectivity index (χ1v) is 10.3. The van der Waals surface area contributed by atoms with Crippen LogP contribution in [0.1, 0.15) is 36.5 Å². The van der Waals surface area contributed by atoms with Crippen molar-refractivity contribution in [3.05, 3.63) is 47.2 Å². The van der Waals surface area contributed by atoms with Crippen LogP contribution in [0.4, 0.5) is 5.82 Å². The van der Waals surface area contributed by atoms with E-state index >= 15 is 0 Å². The van der Waals surface area contributed by atoms with Gasteiger partial charge in [-0.2, -0.15) is 9.97 Å². The molecule has 0 spiro atoms. The van der Waals surface area contributed by atoms with Gasteiger partial charge in [-0.3, -0.25) is 4.90 Å². The fraction of sp³-hybridized carbons (Fsp3) is 0.455. The number of H-pyrrole nitrogens is 1. The Morgan fingerprint density at radius 2 is 1.93 bits per heavy atom. The molecule has 0 bridgehead atoms. The molecule has 0 saturated carbocycles. The highest BCUT2D eigenvalue weighted by atomic mass is 16.5. The maximum Gasteiger partial charge on any atom is 0.319 e. The van der Waals surface area contributed by atoms with E-state index in [2.05, 4.69) is 51.0 Å². The van der Waals surface area contributed by atoms with Crippen molar-refractivity contribution >= 4 is 16.9 Å². The number of nitrogens with two attached hydrogens (primary N) is 1. The first kappa shape index (κ1) is 19.7. The predicted molar refractivity (Wildman–Crippen MR) is 114 cm³/mol. The Labute approximate surface area is 171 Å². The van der Waals surface area contributed by atoms with Gasteiger partial charge in [-0.25, -0.2) is 0 Å². The van der Waals surface area contributed by atoms with Crippen LogP contribution in [0, 0.1) is 0 Å². The number of likely N-dealkylation sites (tertiary alicyclic amines) is 1. The van der Waals surface area contributed by atoms with E-state index in [9.17, 15) is 0 Å². The normalized spacial score (nSPS) is 15.0. The Morgan fingerprint density at radius 3 is 2.66 bits per heavy atom. The van der Waals surface area contributed by atoms with Gasteiger partial charge >= 0.3 is 6.01 Å². The van der Waals surface area contributed by atoms with Crippen molar-refractivity contribution in [1.29, 1.82) is 0 Å². The Balaban J connectivity index is 1.44. The monoisotopic (exact) mass is 395 g/mol. The molecule has 1 saturated heterocycles. The maximum absolute atomic E-state index is 6.10. The Bertz CT molecular complexity index is 948. The van der Waals surface area contributed by atoms with E-state index < -0.39 is 0 Å². The van der Waals surface area contributed by atoms with Gasteiger partial charge in [0.1, 0.15) is 11.0 Å². The molecule has 0 atom stereocenters. The molecule has 1 aliphatic rings. The van der Waals surface area contributed by atoms with Crippen molar-refractivity contribution < 1.29 is 9.47 Å². The third kappa shape index (κ3) is 4.52. The number of aromatic nitrogens is 3. The van der Waals surface area contributed by atoms with E-state index in [0.717, 1.165) is 55.5 Å². The molecule has 0 radical (unpaired) electrons. The van der Waals surface area contributed by atoms with Gasteiger partial charge in [0.25, 0.3) is 0 Å². The van der Waals surface area contributed by atoms with Crippen molar-refractivity contribution in [1.82, 2.24) is 19.9 Å². The van der Waals surface area contributed by atoms with E-state index in [1.54, 1.807) is 7.11 Å². The largest absolute Gasteiger partial charge is 0.463 e. The van der Waals surface area contributed by atoms with Gasteiger partial charge in [-0.1, -0.05) is 37.6 Å². The molecule has 0 unspecified atom stereocenters. The number of anilines is 1. The summed E-state index contributed by atoms with van der Waals surface area (Å²) in [5.41, 5.74) is 11.3. The summed E-state index contributed by atoms with van der Waals surface area (Å²) in [6.45, 7) is 5.71. The summed E-state index contributed by atoms with van der Waals surface area (Å²) in [6.07, 6.45) is 5.16. The zero-order valence-corrected chi connectivity index (χ0v) is 17.1. The second-order valence-corrected chi connectivity index (χ2v) is 7.68. The van der Waals surface area contributed by atoms with Crippen LogP contribution in [-0.2, 0) is 17.7 Å². The molecule has 2 aromatic heterocycles. The summed E-state index contributed by atoms with van der Waals surface area (Å²) < 4.78 is 11.0. The van der Waals surface area contributed by atoms with E-state index in [1.807, 2.05) is 6.20 Å². The van der Waals surface area contributed by atoms with Crippen LogP contribution in [0.5, 0.6) is 6.01 Å². The second kappa shape index (κ2) is 8.80. The molecule has 1 aromatic carbocycles. The second-order valence-electron chi connectivity index (χ2n) is 7.68. The lowest BCUT2D eigenvalue weighted by atomic mass is 10.0. The number of hydrogen-bond acceptors (Lipinski definition) is 6. The first-order valence-electron chi connectivity index (χ1n) is 10.3. The third-order valence-corrected chi connectivity index (χ3v) is 5.42. The molecule has 3 N–H and O–H groups in total. The number of unbranched alkanes of at least 4 members (excludes halogenated alkanes) is 1. The summed E-state index contributed by atoms with van der Waals surface area (Å²) in [5.74, 6) is 0.423. The number of fused-ring (bicyclic) bond motifs is 1. The van der Waals surface area contributed by atoms with E-state index in [0.29, 0.717) is 24.5 Å². The van der Waals surface area contributed by atoms with Crippen LogP contribution < -0.4 is 10.5 Å². The maximum atomic E-state index is 6.10. The van der Waals surface area contributed by atoms with Crippen LogP contribution in [-0.4, -0.2) is 52.8 Å². The fourth-order valence-electron chi connectivity index (χ4n) is 3.61. The van der Waals surface area contributed by atoms with E-state index in [1.165, 1.54) is 11.1 Å². The molecule has 0 aliphatic carbocycles. The van der Waals surface area contributed by atoms with E-state index in [-0.39, 0.29) is 0 Å². The van der Waals surface area contributed by atoms with Gasteiger partial charge < -0.3 is 20.2 Å². The zero-order valence-electron chi connectivity index (χ0n) is 17.1.